The van der Waals surface area contributed by atoms with Gasteiger partial charge in [-0.25, -0.2) is 4.79 Å². The van der Waals surface area contributed by atoms with Gasteiger partial charge in [0, 0.05) is 12.2 Å². The lowest BCUT2D eigenvalue weighted by atomic mass is 10.0. The minimum absolute atomic E-state index is 0.0636. The number of esters is 1. The number of aryl methyl sites for hydroxylation is 2. The molecule has 126 valence electrons. The summed E-state index contributed by atoms with van der Waals surface area (Å²) in [6.07, 6.45) is 0.878. The van der Waals surface area contributed by atoms with Crippen molar-refractivity contribution in [2.24, 2.45) is 0 Å². The van der Waals surface area contributed by atoms with Crippen LogP contribution in [0.4, 0.5) is 11.6 Å². The van der Waals surface area contributed by atoms with Crippen LogP contribution in [-0.4, -0.2) is 29.7 Å². The van der Waals surface area contributed by atoms with Crippen LogP contribution in [0.2, 0.25) is 0 Å². The average Bonchev–Trinajstić information content (AvgIpc) is 2.92. The number of nitrogen functional groups attached to an aromatic ring is 1. The van der Waals surface area contributed by atoms with Gasteiger partial charge in [0.25, 0.3) is 5.91 Å². The van der Waals surface area contributed by atoms with Crippen molar-refractivity contribution in [2.75, 3.05) is 17.2 Å². The maximum Gasteiger partial charge on any atom is 0.346 e. The highest BCUT2D eigenvalue weighted by Crippen LogP contribution is 2.27. The van der Waals surface area contributed by atoms with Gasteiger partial charge in [-0.15, -0.1) is 0 Å². The Bertz CT molecular complexity index is 764. The van der Waals surface area contributed by atoms with Crippen molar-refractivity contribution in [3.63, 3.8) is 0 Å². The highest BCUT2D eigenvalue weighted by atomic mass is 16.6. The zero-order valence-electron chi connectivity index (χ0n) is 13.6. The summed E-state index contributed by atoms with van der Waals surface area (Å²) in [7, 11) is 0. The van der Waals surface area contributed by atoms with Gasteiger partial charge in [0.2, 0.25) is 5.88 Å². The van der Waals surface area contributed by atoms with Crippen LogP contribution in [0.1, 0.15) is 35.0 Å². The minimum atomic E-state index is -0.933. The predicted octanol–water partition coefficient (Wildman–Crippen LogP) is 2.09. The summed E-state index contributed by atoms with van der Waals surface area (Å²) in [5.74, 6) is -1.08. The second kappa shape index (κ2) is 6.35. The van der Waals surface area contributed by atoms with E-state index in [1.54, 1.807) is 18.7 Å². The van der Waals surface area contributed by atoms with Crippen molar-refractivity contribution < 1.29 is 18.8 Å². The lowest BCUT2D eigenvalue weighted by molar-refractivity contribution is -0.126. The summed E-state index contributed by atoms with van der Waals surface area (Å²) in [6, 6.07) is 7.76. The Morgan fingerprint density at radius 3 is 2.83 bits per heavy atom. The number of para-hydroxylation sites is 1. The number of nitrogens with zero attached hydrogens (tertiary/aromatic N) is 2. The summed E-state index contributed by atoms with van der Waals surface area (Å²) in [5.41, 5.74) is 7.96. The van der Waals surface area contributed by atoms with Crippen molar-refractivity contribution in [1.82, 2.24) is 5.16 Å². The number of fused-ring (bicyclic) bond motifs is 1. The van der Waals surface area contributed by atoms with Crippen LogP contribution in [0.25, 0.3) is 0 Å². The third kappa shape index (κ3) is 2.84. The maximum atomic E-state index is 12.7. The Morgan fingerprint density at radius 2 is 2.12 bits per heavy atom. The Balaban J connectivity index is 1.75. The number of carbonyl (C=O) groups is 2. The molecule has 1 atom stereocenters. The number of rotatable bonds is 3. The lowest BCUT2D eigenvalue weighted by Crippen LogP contribution is -2.42. The second-order valence-electron chi connectivity index (χ2n) is 5.78. The molecule has 7 heteroatoms. The SMILES string of the molecule is Cc1noc(N)c1C(=O)O[C@H](C)C(=O)N1CCCc2ccccc21. The van der Waals surface area contributed by atoms with E-state index in [9.17, 15) is 9.59 Å². The number of ether oxygens (including phenoxy) is 1. The summed E-state index contributed by atoms with van der Waals surface area (Å²) in [5, 5.41) is 3.61. The number of amides is 1. The topological polar surface area (TPSA) is 98.7 Å². The van der Waals surface area contributed by atoms with E-state index in [2.05, 4.69) is 5.16 Å². The first-order valence-corrected chi connectivity index (χ1v) is 7.81. The number of hydrogen-bond acceptors (Lipinski definition) is 6. The molecular formula is C17H19N3O4. The van der Waals surface area contributed by atoms with Crippen LogP contribution in [0, 0.1) is 6.92 Å². The van der Waals surface area contributed by atoms with Gasteiger partial charge < -0.3 is 19.9 Å². The highest BCUT2D eigenvalue weighted by Gasteiger charge is 2.30. The Morgan fingerprint density at radius 1 is 1.38 bits per heavy atom. The Labute approximate surface area is 139 Å². The molecule has 0 saturated carbocycles. The quantitative estimate of drug-likeness (QED) is 0.866. The molecule has 0 aliphatic carbocycles. The van der Waals surface area contributed by atoms with Crippen LogP contribution in [0.15, 0.2) is 28.8 Å². The third-order valence-corrected chi connectivity index (χ3v) is 4.10. The first-order valence-electron chi connectivity index (χ1n) is 7.81. The average molecular weight is 329 g/mol. The number of carbonyl (C=O) groups excluding carboxylic acids is 2. The summed E-state index contributed by atoms with van der Waals surface area (Å²) in [4.78, 5) is 26.6. The molecule has 0 radical (unpaired) electrons. The molecule has 24 heavy (non-hydrogen) atoms. The normalized spacial score (nSPS) is 14.8. The van der Waals surface area contributed by atoms with E-state index in [1.807, 2.05) is 24.3 Å². The van der Waals surface area contributed by atoms with E-state index in [1.165, 1.54) is 0 Å². The fraction of sp³-hybridized carbons (Fsp3) is 0.353. The largest absolute Gasteiger partial charge is 0.449 e. The van der Waals surface area contributed by atoms with Crippen LogP contribution in [0.3, 0.4) is 0 Å². The molecule has 0 unspecified atom stereocenters. The first kappa shape index (κ1) is 16.0. The molecule has 0 bridgehead atoms. The van der Waals surface area contributed by atoms with Crippen LogP contribution < -0.4 is 10.6 Å². The van der Waals surface area contributed by atoms with E-state index in [0.29, 0.717) is 12.2 Å². The van der Waals surface area contributed by atoms with Gasteiger partial charge in [0.15, 0.2) is 6.10 Å². The number of hydrogen-bond donors (Lipinski definition) is 1. The molecule has 0 fully saturated rings. The Hall–Kier alpha value is -2.83. The molecule has 3 rings (SSSR count). The zero-order valence-corrected chi connectivity index (χ0v) is 13.6. The minimum Gasteiger partial charge on any atom is -0.449 e. The molecule has 2 N–H and O–H groups in total. The monoisotopic (exact) mass is 329 g/mol. The fourth-order valence-electron chi connectivity index (χ4n) is 2.89. The van der Waals surface area contributed by atoms with E-state index in [4.69, 9.17) is 15.0 Å². The molecule has 0 saturated heterocycles. The summed E-state index contributed by atoms with van der Waals surface area (Å²) < 4.78 is 10.0. The third-order valence-electron chi connectivity index (χ3n) is 4.10. The van der Waals surface area contributed by atoms with Crippen molar-refractivity contribution in [2.45, 2.75) is 32.8 Å². The molecule has 1 aromatic carbocycles. The van der Waals surface area contributed by atoms with E-state index in [-0.39, 0.29) is 17.4 Å². The maximum absolute atomic E-state index is 12.7. The number of nitrogens with two attached hydrogens (primary N) is 1. The molecular weight excluding hydrogens is 310 g/mol. The van der Waals surface area contributed by atoms with Crippen molar-refractivity contribution in [3.8, 4) is 0 Å². The van der Waals surface area contributed by atoms with Gasteiger partial charge in [-0.3, -0.25) is 4.79 Å². The van der Waals surface area contributed by atoms with Crippen LogP contribution in [0.5, 0.6) is 0 Å². The van der Waals surface area contributed by atoms with Gasteiger partial charge >= 0.3 is 5.97 Å². The van der Waals surface area contributed by atoms with Crippen molar-refractivity contribution in [1.29, 1.82) is 0 Å². The lowest BCUT2D eigenvalue weighted by Gasteiger charge is -2.31. The standard InChI is InChI=1S/C17H19N3O4/c1-10-14(15(18)24-19-10)17(22)23-11(2)16(21)20-9-5-7-12-6-3-4-8-13(12)20/h3-4,6,8,11H,5,7,9,18H2,1-2H3/t11-/m1/s1. The van der Waals surface area contributed by atoms with Gasteiger partial charge in [-0.2, -0.15) is 0 Å². The molecule has 2 aromatic rings. The number of aromatic nitrogens is 1. The van der Waals surface area contributed by atoms with Crippen molar-refractivity contribution >= 4 is 23.4 Å². The van der Waals surface area contributed by atoms with E-state index in [0.717, 1.165) is 24.1 Å². The molecule has 0 spiro atoms. The van der Waals surface area contributed by atoms with E-state index >= 15 is 0 Å². The fourth-order valence-corrected chi connectivity index (χ4v) is 2.89. The number of benzene rings is 1. The van der Waals surface area contributed by atoms with Gasteiger partial charge in [0.1, 0.15) is 5.56 Å². The highest BCUT2D eigenvalue weighted by molar-refractivity contribution is 6.01. The number of anilines is 2. The molecule has 2 heterocycles. The summed E-state index contributed by atoms with van der Waals surface area (Å²) in [6.45, 7) is 3.74. The van der Waals surface area contributed by atoms with Gasteiger partial charge in [-0.1, -0.05) is 23.4 Å². The molecule has 1 amide bonds. The molecule has 1 aliphatic rings. The van der Waals surface area contributed by atoms with E-state index < -0.39 is 12.1 Å². The van der Waals surface area contributed by atoms with Gasteiger partial charge in [0.05, 0.1) is 5.69 Å². The molecule has 1 aliphatic heterocycles. The van der Waals surface area contributed by atoms with Crippen LogP contribution in [-0.2, 0) is 16.0 Å². The first-order chi connectivity index (χ1) is 11.5. The molecule has 1 aromatic heterocycles. The Kier molecular flexibility index (Phi) is 4.24. The molecule has 7 nitrogen and oxygen atoms in total. The van der Waals surface area contributed by atoms with Crippen LogP contribution >= 0.6 is 0 Å². The van der Waals surface area contributed by atoms with Gasteiger partial charge in [-0.05, 0) is 38.3 Å². The zero-order chi connectivity index (χ0) is 17.3. The smallest absolute Gasteiger partial charge is 0.346 e. The summed E-state index contributed by atoms with van der Waals surface area (Å²) >= 11 is 0. The van der Waals surface area contributed by atoms with Crippen molar-refractivity contribution in [3.05, 3.63) is 41.1 Å². The second-order valence-corrected chi connectivity index (χ2v) is 5.78. The predicted molar refractivity (Wildman–Crippen MR) is 87.6 cm³/mol.